The first-order valence-electron chi connectivity index (χ1n) is 13.6. The van der Waals surface area contributed by atoms with Crippen LogP contribution in [0.5, 0.6) is 11.5 Å². The lowest BCUT2D eigenvalue weighted by molar-refractivity contribution is -0.179. The number of halogens is 1. The minimum absolute atomic E-state index is 0. The molecule has 2 fully saturated rings. The van der Waals surface area contributed by atoms with Gasteiger partial charge in [0.2, 0.25) is 0 Å². The van der Waals surface area contributed by atoms with E-state index in [0.29, 0.717) is 17.7 Å². The number of hydrogen-bond acceptors (Lipinski definition) is 5. The lowest BCUT2D eigenvalue weighted by atomic mass is 9.46. The van der Waals surface area contributed by atoms with E-state index >= 15 is 0 Å². The Morgan fingerprint density at radius 2 is 1.83 bits per heavy atom. The normalized spacial score (nSPS) is 34.0. The third-order valence-electron chi connectivity index (χ3n) is 10.0. The molecule has 5 nitrogen and oxygen atoms in total. The summed E-state index contributed by atoms with van der Waals surface area (Å²) in [7, 11) is 2.22. The van der Waals surface area contributed by atoms with Gasteiger partial charge in [-0.2, -0.15) is 0 Å². The van der Waals surface area contributed by atoms with Crippen LogP contribution in [-0.4, -0.2) is 58.7 Å². The van der Waals surface area contributed by atoms with Gasteiger partial charge in [-0.1, -0.05) is 55.7 Å². The van der Waals surface area contributed by atoms with Gasteiger partial charge >= 0.3 is 0 Å². The fourth-order valence-corrected chi connectivity index (χ4v) is 8.17. The van der Waals surface area contributed by atoms with Gasteiger partial charge in [-0.25, -0.2) is 0 Å². The number of piperidine rings is 1. The van der Waals surface area contributed by atoms with E-state index in [2.05, 4.69) is 48.3 Å². The number of aromatic hydroxyl groups is 1. The zero-order valence-electron chi connectivity index (χ0n) is 21.2. The van der Waals surface area contributed by atoms with Gasteiger partial charge in [0.05, 0.1) is 12.7 Å². The molecular weight excluding hydrogens is 474 g/mol. The summed E-state index contributed by atoms with van der Waals surface area (Å²) in [5.74, 6) is 1.09. The lowest BCUT2D eigenvalue weighted by Crippen LogP contribution is -2.70. The van der Waals surface area contributed by atoms with Crippen molar-refractivity contribution in [2.24, 2.45) is 11.3 Å². The highest BCUT2D eigenvalue weighted by Crippen LogP contribution is 2.66. The number of hydrogen-bond donors (Lipinski definition) is 3. The minimum Gasteiger partial charge on any atom is -0.504 e. The lowest BCUT2D eigenvalue weighted by Gasteiger charge is -2.62. The van der Waals surface area contributed by atoms with Gasteiger partial charge in [-0.15, -0.1) is 12.4 Å². The summed E-state index contributed by atoms with van der Waals surface area (Å²) in [4.78, 5) is 2.48. The number of benzene rings is 2. The van der Waals surface area contributed by atoms with E-state index in [9.17, 15) is 15.3 Å². The molecule has 1 spiro atoms. The Hall–Kier alpha value is -1.79. The van der Waals surface area contributed by atoms with Crippen molar-refractivity contribution in [3.05, 3.63) is 59.2 Å². The van der Waals surface area contributed by atoms with E-state index in [0.717, 1.165) is 63.5 Å². The molecule has 196 valence electrons. The molecular formula is C30H40ClNO4. The molecule has 0 amide bonds. The van der Waals surface area contributed by atoms with Crippen LogP contribution < -0.4 is 4.74 Å². The van der Waals surface area contributed by atoms with Crippen LogP contribution in [0.25, 0.3) is 0 Å². The van der Waals surface area contributed by atoms with Gasteiger partial charge in [0, 0.05) is 22.4 Å². The molecule has 2 aromatic rings. The summed E-state index contributed by atoms with van der Waals surface area (Å²) in [6.07, 6.45) is 7.91. The first-order valence-corrected chi connectivity index (χ1v) is 13.6. The third-order valence-corrected chi connectivity index (χ3v) is 10.0. The van der Waals surface area contributed by atoms with Crippen LogP contribution in [0.4, 0.5) is 0 Å². The summed E-state index contributed by atoms with van der Waals surface area (Å²) < 4.78 is 6.48. The van der Waals surface area contributed by atoms with Crippen LogP contribution in [0.3, 0.4) is 0 Å². The van der Waals surface area contributed by atoms with Crippen LogP contribution in [-0.2, 0) is 18.3 Å². The average molecular weight is 514 g/mol. The van der Waals surface area contributed by atoms with E-state index in [1.807, 2.05) is 0 Å². The largest absolute Gasteiger partial charge is 0.504 e. The van der Waals surface area contributed by atoms with E-state index in [-0.39, 0.29) is 30.2 Å². The second kappa shape index (κ2) is 9.83. The quantitative estimate of drug-likeness (QED) is 0.449. The van der Waals surface area contributed by atoms with Crippen molar-refractivity contribution >= 4 is 12.4 Å². The Kier molecular flexibility index (Phi) is 7.05. The predicted octanol–water partition coefficient (Wildman–Crippen LogP) is 4.63. The molecule has 1 saturated carbocycles. The molecule has 2 aliphatic carbocycles. The van der Waals surface area contributed by atoms with Gasteiger partial charge < -0.3 is 25.0 Å². The highest BCUT2D eigenvalue weighted by molar-refractivity contribution is 5.85. The van der Waals surface area contributed by atoms with Gasteiger partial charge in [-0.3, -0.25) is 0 Å². The maximum absolute atomic E-state index is 11.8. The number of ether oxygens (including phenoxy) is 1. The molecule has 0 radical (unpaired) electrons. The number of phenolic OH excluding ortho intramolecular Hbond substituents is 1. The molecule has 1 saturated heterocycles. The van der Waals surface area contributed by atoms with E-state index in [1.165, 1.54) is 17.5 Å². The molecule has 6 atom stereocenters. The number of aryl methyl sites for hydroxylation is 1. The molecule has 36 heavy (non-hydrogen) atoms. The molecule has 4 aliphatic rings. The number of nitrogens with zero attached hydrogens (tertiary/aromatic N) is 1. The Balaban J connectivity index is 0.00000267. The number of aliphatic hydroxyl groups excluding tert-OH is 2. The minimum atomic E-state index is -0.741. The fourth-order valence-electron chi connectivity index (χ4n) is 8.17. The summed E-state index contributed by atoms with van der Waals surface area (Å²) in [5, 5.41) is 33.2. The molecule has 2 aromatic carbocycles. The smallest absolute Gasteiger partial charge is 0.165 e. The molecule has 6 rings (SSSR count). The van der Waals surface area contributed by atoms with E-state index in [4.69, 9.17) is 4.74 Å². The first kappa shape index (κ1) is 25.8. The molecule has 2 aliphatic heterocycles. The van der Waals surface area contributed by atoms with Crippen LogP contribution in [0, 0.1) is 11.3 Å². The highest BCUT2D eigenvalue weighted by Gasteiger charge is 2.69. The molecule has 3 N–H and O–H groups in total. The van der Waals surface area contributed by atoms with Crippen LogP contribution in [0.2, 0.25) is 0 Å². The number of likely N-dealkylation sites (N-methyl/N-ethyl adjacent to an activating group) is 1. The molecule has 6 heteroatoms. The van der Waals surface area contributed by atoms with Crippen molar-refractivity contribution in [1.82, 2.24) is 4.90 Å². The maximum Gasteiger partial charge on any atom is 0.165 e. The summed E-state index contributed by atoms with van der Waals surface area (Å²) in [6.45, 7) is 0.950. The second-order valence-electron chi connectivity index (χ2n) is 11.7. The number of likely N-dealkylation sites (tertiary alicyclic amines) is 1. The Bertz CT molecular complexity index is 1080. The number of aliphatic hydroxyl groups is 2. The number of phenols is 1. The van der Waals surface area contributed by atoms with Crippen molar-refractivity contribution in [2.45, 2.75) is 81.5 Å². The maximum atomic E-state index is 11.8. The van der Waals surface area contributed by atoms with Gasteiger partial charge in [0.15, 0.2) is 11.5 Å². The molecule has 2 heterocycles. The Labute approximate surface area is 220 Å². The fraction of sp³-hybridized carbons (Fsp3) is 0.600. The average Bonchev–Trinajstić information content (AvgIpc) is 3.23. The summed E-state index contributed by atoms with van der Waals surface area (Å²) >= 11 is 0. The summed E-state index contributed by atoms with van der Waals surface area (Å²) in [6, 6.07) is 14.8. The van der Waals surface area contributed by atoms with Gasteiger partial charge in [0.1, 0.15) is 6.10 Å². The van der Waals surface area contributed by atoms with Crippen molar-refractivity contribution in [1.29, 1.82) is 0 Å². The van der Waals surface area contributed by atoms with Gasteiger partial charge in [0.25, 0.3) is 0 Å². The zero-order chi connectivity index (χ0) is 24.2. The van der Waals surface area contributed by atoms with Crippen LogP contribution >= 0.6 is 12.4 Å². The van der Waals surface area contributed by atoms with E-state index in [1.54, 1.807) is 6.07 Å². The number of unbranched alkanes of at least 4 members (excludes halogenated alkanes) is 3. The first-order chi connectivity index (χ1) is 17.0. The number of rotatable bonds is 8. The van der Waals surface area contributed by atoms with Crippen molar-refractivity contribution in [2.75, 3.05) is 20.2 Å². The third kappa shape index (κ3) is 3.77. The predicted molar refractivity (Wildman–Crippen MR) is 143 cm³/mol. The SMILES string of the molecule is CN1CCC23c4c5ccc(O)c4OC2[C@H](O)[C@](CO)(CCCCCCc2ccccc2)CC3C1C5.Cl. The Morgan fingerprint density at radius 3 is 2.61 bits per heavy atom. The van der Waals surface area contributed by atoms with Crippen molar-refractivity contribution in [3.63, 3.8) is 0 Å². The monoisotopic (exact) mass is 513 g/mol. The molecule has 4 unspecified atom stereocenters. The van der Waals surface area contributed by atoms with Gasteiger partial charge in [-0.05, 0) is 75.2 Å². The second-order valence-corrected chi connectivity index (χ2v) is 11.7. The van der Waals surface area contributed by atoms with Crippen LogP contribution in [0.1, 0.15) is 61.6 Å². The topological polar surface area (TPSA) is 73.2 Å². The highest BCUT2D eigenvalue weighted by atomic mass is 35.5. The molecule has 0 aromatic heterocycles. The Morgan fingerprint density at radius 1 is 1.06 bits per heavy atom. The van der Waals surface area contributed by atoms with Crippen LogP contribution in [0.15, 0.2) is 42.5 Å². The molecule has 2 bridgehead atoms. The summed E-state index contributed by atoms with van der Waals surface area (Å²) in [5.41, 5.74) is 3.00. The van der Waals surface area contributed by atoms with E-state index < -0.39 is 17.6 Å². The zero-order valence-corrected chi connectivity index (χ0v) is 22.1. The van der Waals surface area contributed by atoms with Crippen molar-refractivity contribution < 1.29 is 20.1 Å². The van der Waals surface area contributed by atoms with Crippen molar-refractivity contribution in [3.8, 4) is 11.5 Å². The standard InChI is InChI=1S/C30H39NO4.ClH/c1-31-16-15-30-22-18-29(19-32,14-8-3-2-5-9-20-10-6-4-7-11-20)27(34)28(30)35-26-24(33)13-12-21(25(26)30)17-23(22)31;/h4,6-7,10-13,22-23,27-28,32-34H,2-3,5,8-9,14-19H2,1H3;1H/t22?,23?,27-,28?,29+,30?;/m0./s1.